The third kappa shape index (κ3) is 2.37. The average Bonchev–Trinajstić information content (AvgIpc) is 2.17. The van der Waals surface area contributed by atoms with Gasteiger partial charge in [0.25, 0.3) is 0 Å². The lowest BCUT2D eigenvalue weighted by Crippen LogP contribution is -2.38. The van der Waals surface area contributed by atoms with Gasteiger partial charge in [0.2, 0.25) is 0 Å². The van der Waals surface area contributed by atoms with Crippen molar-refractivity contribution < 1.29 is 19.7 Å². The number of hydrogen-bond donors (Lipinski definition) is 2. The van der Waals surface area contributed by atoms with Gasteiger partial charge in [-0.05, 0) is 25.1 Å². The Morgan fingerprint density at radius 2 is 2.35 bits per heavy atom. The smallest absolute Gasteiger partial charge is 0.306 e. The van der Waals surface area contributed by atoms with Crippen molar-refractivity contribution in [3.8, 4) is 5.75 Å². The lowest BCUT2D eigenvalue weighted by molar-refractivity contribution is -0.145. The van der Waals surface area contributed by atoms with E-state index < -0.39 is 11.6 Å². The number of aliphatic carboxylic acids is 1. The van der Waals surface area contributed by atoms with Gasteiger partial charge in [-0.1, -0.05) is 11.6 Å². The van der Waals surface area contributed by atoms with Crippen molar-refractivity contribution in [3.63, 3.8) is 0 Å². The number of ether oxygens (including phenoxy) is 1. The van der Waals surface area contributed by atoms with Gasteiger partial charge in [0.15, 0.2) is 0 Å². The molecule has 0 fully saturated rings. The van der Waals surface area contributed by atoms with E-state index in [-0.39, 0.29) is 18.9 Å². The molecule has 0 saturated carbocycles. The van der Waals surface area contributed by atoms with Crippen molar-refractivity contribution in [1.29, 1.82) is 0 Å². The Kier molecular flexibility index (Phi) is 3.02. The summed E-state index contributed by atoms with van der Waals surface area (Å²) in [7, 11) is 0. The first-order valence-electron chi connectivity index (χ1n) is 5.31. The number of hydrogen-bond acceptors (Lipinski definition) is 3. The van der Waals surface area contributed by atoms with Crippen LogP contribution in [0.5, 0.6) is 5.75 Å². The predicted octanol–water partition coefficient (Wildman–Crippen LogP) is 2.17. The highest BCUT2D eigenvalue weighted by Crippen LogP contribution is 2.42. The van der Waals surface area contributed by atoms with Gasteiger partial charge in [0, 0.05) is 17.0 Å². The van der Waals surface area contributed by atoms with Crippen molar-refractivity contribution >= 4 is 17.6 Å². The Hall–Kier alpha value is -1.26. The van der Waals surface area contributed by atoms with Crippen LogP contribution in [0.4, 0.5) is 0 Å². The molecular formula is C12H13ClO4. The number of aliphatic hydroxyl groups is 1. The third-order valence-electron chi connectivity index (χ3n) is 2.84. The molecule has 0 unspecified atom stereocenters. The number of benzene rings is 1. The van der Waals surface area contributed by atoms with Gasteiger partial charge in [-0.3, -0.25) is 4.79 Å². The zero-order valence-corrected chi connectivity index (χ0v) is 10.1. The maximum absolute atomic E-state index is 10.8. The van der Waals surface area contributed by atoms with Gasteiger partial charge < -0.3 is 14.9 Å². The molecule has 0 spiro atoms. The van der Waals surface area contributed by atoms with Crippen molar-refractivity contribution in [2.45, 2.75) is 31.5 Å². The summed E-state index contributed by atoms with van der Waals surface area (Å²) in [5.74, 6) is -0.551. The van der Waals surface area contributed by atoms with E-state index in [4.69, 9.17) is 21.4 Å². The van der Waals surface area contributed by atoms with Crippen LogP contribution in [0, 0.1) is 0 Å². The highest BCUT2D eigenvalue weighted by Gasteiger charge is 2.40. The van der Waals surface area contributed by atoms with E-state index in [0.717, 1.165) is 0 Å². The van der Waals surface area contributed by atoms with Gasteiger partial charge in [-0.2, -0.15) is 0 Å². The van der Waals surface area contributed by atoms with Gasteiger partial charge in [0.1, 0.15) is 11.4 Å². The van der Waals surface area contributed by atoms with Crippen molar-refractivity contribution in [3.05, 3.63) is 28.8 Å². The van der Waals surface area contributed by atoms with E-state index in [1.54, 1.807) is 25.1 Å². The molecule has 5 heteroatoms. The molecule has 1 heterocycles. The Morgan fingerprint density at radius 3 is 3.00 bits per heavy atom. The topological polar surface area (TPSA) is 66.8 Å². The standard InChI is InChI=1S/C12H13ClO4/c1-7-5-12(16,6-11(14)15)9-4-8(13)2-3-10(9)17-7/h2-4,7,16H,5-6H2,1H3,(H,14,15)/t7-,12-/m1/s1. The summed E-state index contributed by atoms with van der Waals surface area (Å²) in [4.78, 5) is 10.8. The van der Waals surface area contributed by atoms with Crippen molar-refractivity contribution in [2.75, 3.05) is 0 Å². The molecule has 1 aliphatic rings. The van der Waals surface area contributed by atoms with Crippen LogP contribution in [0.25, 0.3) is 0 Å². The molecule has 2 N–H and O–H groups in total. The van der Waals surface area contributed by atoms with Crippen LogP contribution in [-0.4, -0.2) is 22.3 Å². The van der Waals surface area contributed by atoms with Crippen LogP contribution in [-0.2, 0) is 10.4 Å². The normalized spacial score (nSPS) is 27.1. The summed E-state index contributed by atoms with van der Waals surface area (Å²) in [6.45, 7) is 1.80. The van der Waals surface area contributed by atoms with Crippen LogP contribution < -0.4 is 4.74 Å². The summed E-state index contributed by atoms with van der Waals surface area (Å²) in [5.41, 5.74) is -0.963. The Balaban J connectivity index is 2.48. The second kappa shape index (κ2) is 4.20. The number of fused-ring (bicyclic) bond motifs is 1. The summed E-state index contributed by atoms with van der Waals surface area (Å²) < 4.78 is 5.55. The fourth-order valence-corrected chi connectivity index (χ4v) is 2.40. The largest absolute Gasteiger partial charge is 0.490 e. The molecule has 2 rings (SSSR count). The minimum atomic E-state index is -1.41. The van der Waals surface area contributed by atoms with E-state index in [2.05, 4.69) is 0 Å². The first-order valence-corrected chi connectivity index (χ1v) is 5.69. The first kappa shape index (κ1) is 12.2. The fraction of sp³-hybridized carbons (Fsp3) is 0.417. The molecule has 0 aliphatic carbocycles. The lowest BCUT2D eigenvalue weighted by Gasteiger charge is -2.36. The van der Waals surface area contributed by atoms with Crippen LogP contribution >= 0.6 is 11.6 Å². The van der Waals surface area contributed by atoms with Crippen molar-refractivity contribution in [2.24, 2.45) is 0 Å². The molecule has 0 saturated heterocycles. The highest BCUT2D eigenvalue weighted by atomic mass is 35.5. The molecule has 1 aliphatic heterocycles. The summed E-state index contributed by atoms with van der Waals surface area (Å²) in [5, 5.41) is 19.8. The van der Waals surface area contributed by atoms with E-state index >= 15 is 0 Å². The maximum Gasteiger partial charge on any atom is 0.306 e. The Bertz CT molecular complexity index is 460. The minimum absolute atomic E-state index is 0.229. The van der Waals surface area contributed by atoms with Crippen LogP contribution in [0.1, 0.15) is 25.3 Å². The molecule has 0 bridgehead atoms. The fourth-order valence-electron chi connectivity index (χ4n) is 2.23. The number of carboxylic acids is 1. The minimum Gasteiger partial charge on any atom is -0.490 e. The summed E-state index contributed by atoms with van der Waals surface area (Å²) in [6.07, 6.45) is -0.339. The number of halogens is 1. The molecular weight excluding hydrogens is 244 g/mol. The van der Waals surface area contributed by atoms with Crippen LogP contribution in [0.2, 0.25) is 5.02 Å². The van der Waals surface area contributed by atoms with Crippen molar-refractivity contribution in [1.82, 2.24) is 0 Å². The quantitative estimate of drug-likeness (QED) is 0.851. The SMILES string of the molecule is C[C@@H]1C[C@@](O)(CC(=O)O)c2cc(Cl)ccc2O1. The average molecular weight is 257 g/mol. The van der Waals surface area contributed by atoms with E-state index in [0.29, 0.717) is 16.3 Å². The van der Waals surface area contributed by atoms with Gasteiger partial charge >= 0.3 is 5.97 Å². The number of carbonyl (C=O) groups is 1. The van der Waals surface area contributed by atoms with Crippen LogP contribution in [0.15, 0.2) is 18.2 Å². The monoisotopic (exact) mass is 256 g/mol. The van der Waals surface area contributed by atoms with E-state index in [1.807, 2.05) is 0 Å². The molecule has 4 nitrogen and oxygen atoms in total. The molecule has 17 heavy (non-hydrogen) atoms. The Labute approximate surface area is 104 Å². The third-order valence-corrected chi connectivity index (χ3v) is 3.08. The number of rotatable bonds is 2. The molecule has 0 amide bonds. The van der Waals surface area contributed by atoms with Gasteiger partial charge in [0.05, 0.1) is 12.5 Å². The zero-order chi connectivity index (χ0) is 12.6. The summed E-state index contributed by atoms with van der Waals surface area (Å²) in [6, 6.07) is 4.87. The van der Waals surface area contributed by atoms with Gasteiger partial charge in [-0.15, -0.1) is 0 Å². The zero-order valence-electron chi connectivity index (χ0n) is 9.31. The molecule has 1 aromatic carbocycles. The second-order valence-electron chi connectivity index (χ2n) is 4.38. The van der Waals surface area contributed by atoms with Gasteiger partial charge in [-0.25, -0.2) is 0 Å². The molecule has 0 aromatic heterocycles. The Morgan fingerprint density at radius 1 is 1.65 bits per heavy atom. The first-order chi connectivity index (χ1) is 7.90. The predicted molar refractivity (Wildman–Crippen MR) is 62.3 cm³/mol. The molecule has 92 valence electrons. The molecule has 0 radical (unpaired) electrons. The van der Waals surface area contributed by atoms with E-state index in [1.165, 1.54) is 0 Å². The molecule has 1 aromatic rings. The van der Waals surface area contributed by atoms with E-state index in [9.17, 15) is 9.90 Å². The number of carboxylic acid groups (broad SMARTS) is 1. The highest BCUT2D eigenvalue weighted by molar-refractivity contribution is 6.30. The molecule has 2 atom stereocenters. The van der Waals surface area contributed by atoms with Crippen LogP contribution in [0.3, 0.4) is 0 Å². The lowest BCUT2D eigenvalue weighted by atomic mass is 9.83. The second-order valence-corrected chi connectivity index (χ2v) is 4.81. The maximum atomic E-state index is 10.8. The summed E-state index contributed by atoms with van der Waals surface area (Å²) >= 11 is 5.86.